The summed E-state index contributed by atoms with van der Waals surface area (Å²) in [6.07, 6.45) is -3.86. The van der Waals surface area contributed by atoms with Crippen molar-refractivity contribution in [3.63, 3.8) is 0 Å². The summed E-state index contributed by atoms with van der Waals surface area (Å²) in [5.74, 6) is -1.62. The maximum absolute atomic E-state index is 12.8. The Morgan fingerprint density at radius 3 is 2.59 bits per heavy atom. The van der Waals surface area contributed by atoms with Crippen molar-refractivity contribution in [2.24, 2.45) is 0 Å². The van der Waals surface area contributed by atoms with Crippen LogP contribution in [0.15, 0.2) is 18.2 Å². The molecule has 2 rings (SSSR count). The topological polar surface area (TPSA) is 47.6 Å². The molecule has 22 heavy (non-hydrogen) atoms. The van der Waals surface area contributed by atoms with E-state index >= 15 is 0 Å². The summed E-state index contributed by atoms with van der Waals surface area (Å²) in [7, 11) is 0. The van der Waals surface area contributed by atoms with Gasteiger partial charge in [0.05, 0.1) is 30.3 Å². The number of carbonyl (C=O) groups is 1. The molecule has 1 amide bonds. The highest BCUT2D eigenvalue weighted by Crippen LogP contribution is 2.35. The number of benzene rings is 1. The lowest BCUT2D eigenvalue weighted by Gasteiger charge is -2.33. The number of nitrogens with one attached hydrogen (secondary N) is 1. The third-order valence-corrected chi connectivity index (χ3v) is 3.54. The maximum atomic E-state index is 12.8. The van der Waals surface area contributed by atoms with Gasteiger partial charge in [-0.3, -0.25) is 4.79 Å². The highest BCUT2D eigenvalue weighted by Gasteiger charge is 2.34. The summed E-state index contributed by atoms with van der Waals surface area (Å²) < 4.78 is 49.1. The first-order valence-corrected chi connectivity index (χ1v) is 7.02. The molecular formula is C14H15ClF3NO3. The van der Waals surface area contributed by atoms with Crippen LogP contribution in [0.2, 0.25) is 5.02 Å². The van der Waals surface area contributed by atoms with Crippen molar-refractivity contribution in [3.8, 4) is 0 Å². The summed E-state index contributed by atoms with van der Waals surface area (Å²) in [6.45, 7) is 2.71. The van der Waals surface area contributed by atoms with Gasteiger partial charge < -0.3 is 14.8 Å². The molecule has 122 valence electrons. The van der Waals surface area contributed by atoms with E-state index in [1.165, 1.54) is 6.07 Å². The molecule has 1 aliphatic heterocycles. The van der Waals surface area contributed by atoms with Crippen molar-refractivity contribution in [2.45, 2.75) is 25.3 Å². The zero-order valence-corrected chi connectivity index (χ0v) is 12.6. The van der Waals surface area contributed by atoms with Crippen molar-refractivity contribution >= 4 is 17.5 Å². The lowest BCUT2D eigenvalue weighted by molar-refractivity contribution is -0.251. The van der Waals surface area contributed by atoms with E-state index in [1.807, 2.05) is 0 Å². The number of hydrogen-bond donors (Lipinski definition) is 1. The van der Waals surface area contributed by atoms with Crippen molar-refractivity contribution in [3.05, 3.63) is 34.3 Å². The molecule has 1 heterocycles. The second kappa shape index (κ2) is 6.44. The highest BCUT2D eigenvalue weighted by molar-refractivity contribution is 6.31. The fourth-order valence-electron chi connectivity index (χ4n) is 2.01. The van der Waals surface area contributed by atoms with E-state index in [2.05, 4.69) is 5.32 Å². The standard InChI is InChI=1S/C14H15ClF3NO3/c1-13(21-5-2-6-22-13)8-19-12(20)9-3-4-11(15)10(7-9)14(16,17)18/h3-4,7H,2,5-6,8H2,1H3,(H,19,20). The molecule has 0 radical (unpaired) electrons. The number of hydrogen-bond acceptors (Lipinski definition) is 3. The summed E-state index contributed by atoms with van der Waals surface area (Å²) in [4.78, 5) is 12.0. The molecule has 0 bridgehead atoms. The Morgan fingerprint density at radius 2 is 2.00 bits per heavy atom. The van der Waals surface area contributed by atoms with Crippen molar-refractivity contribution in [1.29, 1.82) is 0 Å². The molecule has 0 aromatic heterocycles. The first-order chi connectivity index (χ1) is 10.2. The third-order valence-electron chi connectivity index (χ3n) is 3.21. The predicted molar refractivity (Wildman–Crippen MR) is 73.7 cm³/mol. The van der Waals surface area contributed by atoms with Gasteiger partial charge in [-0.2, -0.15) is 13.2 Å². The summed E-state index contributed by atoms with van der Waals surface area (Å²) >= 11 is 5.51. The van der Waals surface area contributed by atoms with Gasteiger partial charge in [0.2, 0.25) is 0 Å². The maximum Gasteiger partial charge on any atom is 0.417 e. The molecule has 0 atom stereocenters. The summed E-state index contributed by atoms with van der Waals surface area (Å²) in [6, 6.07) is 3.01. The van der Waals surface area contributed by atoms with Crippen LogP contribution in [0.25, 0.3) is 0 Å². The molecule has 0 saturated carbocycles. The molecule has 1 fully saturated rings. The predicted octanol–water partition coefficient (Wildman–Crippen LogP) is 3.24. The van der Waals surface area contributed by atoms with Gasteiger partial charge in [-0.05, 0) is 31.5 Å². The van der Waals surface area contributed by atoms with Gasteiger partial charge in [0.1, 0.15) is 0 Å². The van der Waals surface area contributed by atoms with Crippen LogP contribution in [0.5, 0.6) is 0 Å². The Kier molecular flexibility index (Phi) is 4.99. The first kappa shape index (κ1) is 17.1. The van der Waals surface area contributed by atoms with Crippen LogP contribution in [0.4, 0.5) is 13.2 Å². The van der Waals surface area contributed by atoms with Crippen LogP contribution in [0, 0.1) is 0 Å². The Hall–Kier alpha value is -1.31. The van der Waals surface area contributed by atoms with Crippen molar-refractivity contribution < 1.29 is 27.4 Å². The quantitative estimate of drug-likeness (QED) is 0.921. The average Bonchev–Trinajstić information content (AvgIpc) is 2.45. The van der Waals surface area contributed by atoms with Crippen LogP contribution < -0.4 is 5.32 Å². The fourth-order valence-corrected chi connectivity index (χ4v) is 2.23. The molecule has 1 saturated heterocycles. The van der Waals surface area contributed by atoms with Crippen LogP contribution in [-0.2, 0) is 15.7 Å². The molecule has 4 nitrogen and oxygen atoms in total. The highest BCUT2D eigenvalue weighted by atomic mass is 35.5. The minimum atomic E-state index is -4.62. The van der Waals surface area contributed by atoms with Gasteiger partial charge >= 0.3 is 6.18 Å². The molecule has 0 aliphatic carbocycles. The van der Waals surface area contributed by atoms with Crippen molar-refractivity contribution in [1.82, 2.24) is 5.32 Å². The summed E-state index contributed by atoms with van der Waals surface area (Å²) in [5.41, 5.74) is -1.17. The largest absolute Gasteiger partial charge is 0.417 e. The lowest BCUT2D eigenvalue weighted by Crippen LogP contribution is -2.47. The molecular weight excluding hydrogens is 323 g/mol. The SMILES string of the molecule is CC1(CNC(=O)c2ccc(Cl)c(C(F)(F)F)c2)OCCCO1. The zero-order valence-electron chi connectivity index (χ0n) is 11.8. The Labute approximate surface area is 130 Å². The van der Waals surface area contributed by atoms with Gasteiger partial charge in [0.25, 0.3) is 5.91 Å². The molecule has 1 aromatic rings. The normalized spacial score (nSPS) is 18.0. The van der Waals surface area contributed by atoms with Crippen LogP contribution in [-0.4, -0.2) is 31.5 Å². The molecule has 0 unspecified atom stereocenters. The number of rotatable bonds is 3. The minimum Gasteiger partial charge on any atom is -0.348 e. The number of halogens is 4. The summed E-state index contributed by atoms with van der Waals surface area (Å²) in [5, 5.41) is 2.06. The van der Waals surface area contributed by atoms with Gasteiger partial charge in [0, 0.05) is 5.56 Å². The average molecular weight is 338 g/mol. The second-order valence-electron chi connectivity index (χ2n) is 5.06. The molecule has 1 aromatic carbocycles. The van der Waals surface area contributed by atoms with E-state index in [9.17, 15) is 18.0 Å². The van der Waals surface area contributed by atoms with Gasteiger partial charge in [-0.15, -0.1) is 0 Å². The van der Waals surface area contributed by atoms with Crippen molar-refractivity contribution in [2.75, 3.05) is 19.8 Å². The van der Waals surface area contributed by atoms with Gasteiger partial charge in [-0.25, -0.2) is 0 Å². The first-order valence-electron chi connectivity index (χ1n) is 6.64. The van der Waals surface area contributed by atoms with E-state index < -0.39 is 28.5 Å². The Bertz CT molecular complexity index is 557. The van der Waals surface area contributed by atoms with Crippen LogP contribution >= 0.6 is 11.6 Å². The van der Waals surface area contributed by atoms with E-state index in [1.54, 1.807) is 6.92 Å². The zero-order chi connectivity index (χ0) is 16.4. The van der Waals surface area contributed by atoms with Gasteiger partial charge in [-0.1, -0.05) is 11.6 Å². The van der Waals surface area contributed by atoms with E-state index in [0.29, 0.717) is 13.2 Å². The number of alkyl halides is 3. The fraction of sp³-hybridized carbons (Fsp3) is 0.500. The number of carbonyl (C=O) groups excluding carboxylic acids is 1. The molecule has 8 heteroatoms. The molecule has 1 N–H and O–H groups in total. The Morgan fingerprint density at radius 1 is 1.36 bits per heavy atom. The Balaban J connectivity index is 2.07. The number of amides is 1. The monoisotopic (exact) mass is 337 g/mol. The second-order valence-corrected chi connectivity index (χ2v) is 5.47. The van der Waals surface area contributed by atoms with Crippen LogP contribution in [0.3, 0.4) is 0 Å². The van der Waals surface area contributed by atoms with Gasteiger partial charge in [0.15, 0.2) is 5.79 Å². The number of ether oxygens (including phenoxy) is 2. The van der Waals surface area contributed by atoms with E-state index in [-0.39, 0.29) is 12.1 Å². The van der Waals surface area contributed by atoms with E-state index in [0.717, 1.165) is 18.6 Å². The molecule has 0 spiro atoms. The molecule has 1 aliphatic rings. The smallest absolute Gasteiger partial charge is 0.348 e. The van der Waals surface area contributed by atoms with Crippen LogP contribution in [0.1, 0.15) is 29.3 Å². The minimum absolute atomic E-state index is 0.0375. The lowest BCUT2D eigenvalue weighted by atomic mass is 10.1. The third kappa shape index (κ3) is 4.12. The van der Waals surface area contributed by atoms with E-state index in [4.69, 9.17) is 21.1 Å².